The van der Waals surface area contributed by atoms with Gasteiger partial charge < -0.3 is 20.1 Å². The third-order valence-corrected chi connectivity index (χ3v) is 10.1. The van der Waals surface area contributed by atoms with Gasteiger partial charge >= 0.3 is 12.1 Å². The van der Waals surface area contributed by atoms with Crippen LogP contribution in [-0.4, -0.2) is 43.5 Å². The predicted octanol–water partition coefficient (Wildman–Crippen LogP) is 7.99. The molecular weight excluding hydrogens is 689 g/mol. The Kier molecular flexibility index (Phi) is 10.9. The summed E-state index contributed by atoms with van der Waals surface area (Å²) < 4.78 is 10.6. The maximum atomic E-state index is 14.4. The molecule has 8 nitrogen and oxygen atoms in total. The first kappa shape index (κ1) is 36.6. The molecule has 6 aromatic rings. The molecule has 0 unspecified atom stereocenters. The summed E-state index contributed by atoms with van der Waals surface area (Å²) in [6, 6.07) is 50.2. The highest BCUT2D eigenvalue weighted by Crippen LogP contribution is 2.44. The minimum atomic E-state index is -1.24. The van der Waals surface area contributed by atoms with Crippen molar-refractivity contribution >= 4 is 23.8 Å². The number of ether oxygens (including phenoxy) is 2. The molecule has 0 saturated heterocycles. The second-order valence-corrected chi connectivity index (χ2v) is 13.5. The van der Waals surface area contributed by atoms with Crippen LogP contribution in [0.2, 0.25) is 0 Å². The summed E-state index contributed by atoms with van der Waals surface area (Å²) in [5.74, 6) is -1.55. The fourth-order valence-electron chi connectivity index (χ4n) is 7.46. The van der Waals surface area contributed by atoms with E-state index in [1.165, 1.54) is 7.11 Å². The Morgan fingerprint density at radius 1 is 0.618 bits per heavy atom. The maximum absolute atomic E-state index is 14.4. The zero-order valence-electron chi connectivity index (χ0n) is 30.3. The molecule has 2 amide bonds. The zero-order chi connectivity index (χ0) is 38.2. The predicted molar refractivity (Wildman–Crippen MR) is 210 cm³/mol. The van der Waals surface area contributed by atoms with Gasteiger partial charge in [0, 0.05) is 12.3 Å². The molecule has 7 rings (SSSR count). The fourth-order valence-corrected chi connectivity index (χ4v) is 7.46. The number of benzene rings is 6. The van der Waals surface area contributed by atoms with E-state index in [0.29, 0.717) is 11.1 Å². The number of esters is 1. The molecule has 0 heterocycles. The molecule has 8 heteroatoms. The van der Waals surface area contributed by atoms with Crippen LogP contribution in [0.15, 0.2) is 164 Å². The van der Waals surface area contributed by atoms with Crippen molar-refractivity contribution in [2.75, 3.05) is 13.7 Å². The zero-order valence-corrected chi connectivity index (χ0v) is 30.3. The Morgan fingerprint density at radius 2 is 1.09 bits per heavy atom. The van der Waals surface area contributed by atoms with Gasteiger partial charge in [-0.25, -0.2) is 9.59 Å². The monoisotopic (exact) mass is 728 g/mol. The second kappa shape index (κ2) is 16.5. The average Bonchev–Trinajstić information content (AvgIpc) is 3.56. The lowest BCUT2D eigenvalue weighted by Crippen LogP contribution is -2.51. The van der Waals surface area contributed by atoms with E-state index < -0.39 is 35.3 Å². The summed E-state index contributed by atoms with van der Waals surface area (Å²) in [6.45, 7) is 0.0427. The Labute approximate surface area is 320 Å². The lowest BCUT2D eigenvalue weighted by atomic mass is 9.77. The molecule has 0 bridgehead atoms. The molecule has 0 saturated carbocycles. The molecule has 0 fully saturated rings. The summed E-state index contributed by atoms with van der Waals surface area (Å²) >= 11 is 0. The van der Waals surface area contributed by atoms with E-state index in [1.54, 1.807) is 24.3 Å². The smallest absolute Gasteiger partial charge is 0.407 e. The number of nitrogens with one attached hydrogen (secondary N) is 2. The van der Waals surface area contributed by atoms with Crippen LogP contribution in [0.1, 0.15) is 56.1 Å². The van der Waals surface area contributed by atoms with E-state index >= 15 is 0 Å². The first-order chi connectivity index (χ1) is 26.9. The van der Waals surface area contributed by atoms with Crippen LogP contribution in [0.5, 0.6) is 0 Å². The van der Waals surface area contributed by atoms with Gasteiger partial charge in [-0.1, -0.05) is 152 Å². The van der Waals surface area contributed by atoms with Crippen LogP contribution >= 0.6 is 0 Å². The molecule has 1 aliphatic carbocycles. The molecule has 2 N–H and O–H groups in total. The molecule has 55 heavy (non-hydrogen) atoms. The molecule has 1 atom stereocenters. The largest absolute Gasteiger partial charge is 0.465 e. The van der Waals surface area contributed by atoms with Crippen molar-refractivity contribution in [3.8, 4) is 11.1 Å². The Balaban J connectivity index is 1.16. The van der Waals surface area contributed by atoms with Gasteiger partial charge in [0.25, 0.3) is 0 Å². The SMILES string of the molecule is COC(=O)c1ccc(CC(=O)[C@H](CC(=O)NC(c2ccccc2)(c2ccccc2)c2ccccc2)NC(=O)OCC2c3ccccc3-c3ccccc32)cc1. The number of hydrogen-bond donors (Lipinski definition) is 2. The Bertz CT molecular complexity index is 2150. The van der Waals surface area contributed by atoms with Crippen LogP contribution in [-0.2, 0) is 31.0 Å². The second-order valence-electron chi connectivity index (χ2n) is 13.5. The first-order valence-corrected chi connectivity index (χ1v) is 18.2. The van der Waals surface area contributed by atoms with Gasteiger partial charge in [-0.3, -0.25) is 9.59 Å². The number of ketones is 1. The quantitative estimate of drug-likeness (QED) is 0.0922. The van der Waals surface area contributed by atoms with E-state index in [0.717, 1.165) is 38.9 Å². The number of alkyl carbamates (subject to hydrolysis) is 1. The standard InChI is InChI=1S/C47H40N2O6/c1-54-45(52)33-27-25-32(26-28-33)29-43(50)42(48-46(53)55-31-41-39-23-13-11-21-37(39)38-22-12-14-24-40(38)41)30-44(51)49-47(34-15-5-2-6-16-34,35-17-7-3-8-18-35)36-19-9-4-10-20-36/h2-28,41-42H,29-31H2,1H3,(H,48,53)(H,49,51)/t42-/m0/s1. The van der Waals surface area contributed by atoms with E-state index in [1.807, 2.05) is 127 Å². The number of carbonyl (C=O) groups is 4. The van der Waals surface area contributed by atoms with Gasteiger partial charge in [0.05, 0.1) is 25.1 Å². The van der Waals surface area contributed by atoms with Gasteiger partial charge in [-0.2, -0.15) is 0 Å². The average molecular weight is 729 g/mol. The highest BCUT2D eigenvalue weighted by Gasteiger charge is 2.39. The van der Waals surface area contributed by atoms with Gasteiger partial charge in [-0.05, 0) is 56.6 Å². The van der Waals surface area contributed by atoms with Crippen molar-refractivity contribution in [3.05, 3.63) is 203 Å². The molecule has 274 valence electrons. The van der Waals surface area contributed by atoms with E-state index in [-0.39, 0.29) is 25.4 Å². The molecular formula is C47H40N2O6. The van der Waals surface area contributed by atoms with E-state index in [9.17, 15) is 19.2 Å². The summed E-state index contributed by atoms with van der Waals surface area (Å²) in [7, 11) is 1.30. The Morgan fingerprint density at radius 3 is 1.58 bits per heavy atom. The molecule has 0 aliphatic heterocycles. The minimum Gasteiger partial charge on any atom is -0.465 e. The summed E-state index contributed by atoms with van der Waals surface area (Å²) in [5, 5.41) is 6.03. The number of methoxy groups -OCH3 is 1. The normalized spacial score (nSPS) is 12.5. The third kappa shape index (κ3) is 7.80. The number of hydrogen-bond acceptors (Lipinski definition) is 6. The van der Waals surface area contributed by atoms with Crippen molar-refractivity contribution in [1.29, 1.82) is 0 Å². The fraction of sp³-hybridized carbons (Fsp3) is 0.149. The highest BCUT2D eigenvalue weighted by molar-refractivity contribution is 5.94. The van der Waals surface area contributed by atoms with Crippen LogP contribution in [0.3, 0.4) is 0 Å². The molecule has 0 aromatic heterocycles. The van der Waals surface area contributed by atoms with Crippen molar-refractivity contribution < 1.29 is 28.7 Å². The van der Waals surface area contributed by atoms with Crippen molar-refractivity contribution in [2.24, 2.45) is 0 Å². The summed E-state index contributed by atoms with van der Waals surface area (Å²) in [6.07, 6.45) is -1.28. The van der Waals surface area contributed by atoms with Gasteiger partial charge in [0.2, 0.25) is 5.91 Å². The molecule has 0 radical (unpaired) electrons. The van der Waals surface area contributed by atoms with Crippen LogP contribution in [0, 0.1) is 0 Å². The highest BCUT2D eigenvalue weighted by atomic mass is 16.5. The number of amides is 2. The first-order valence-electron chi connectivity index (χ1n) is 18.2. The molecule has 0 spiro atoms. The third-order valence-electron chi connectivity index (χ3n) is 10.1. The minimum absolute atomic E-state index is 0.0427. The van der Waals surface area contributed by atoms with E-state index in [2.05, 4.69) is 22.8 Å². The Hall–Kier alpha value is -6.80. The van der Waals surface area contributed by atoms with E-state index in [4.69, 9.17) is 9.47 Å². The lowest BCUT2D eigenvalue weighted by Gasteiger charge is -2.37. The van der Waals surface area contributed by atoms with Crippen molar-refractivity contribution in [3.63, 3.8) is 0 Å². The number of rotatable bonds is 13. The van der Waals surface area contributed by atoms with Crippen LogP contribution in [0.25, 0.3) is 11.1 Å². The van der Waals surface area contributed by atoms with Crippen molar-refractivity contribution in [2.45, 2.75) is 30.3 Å². The number of carbonyl (C=O) groups excluding carboxylic acids is 4. The number of fused-ring (bicyclic) bond motifs is 3. The van der Waals surface area contributed by atoms with Gasteiger partial charge in [0.15, 0.2) is 5.78 Å². The van der Waals surface area contributed by atoms with Crippen LogP contribution in [0.4, 0.5) is 4.79 Å². The maximum Gasteiger partial charge on any atom is 0.407 e. The van der Waals surface area contributed by atoms with Gasteiger partial charge in [-0.15, -0.1) is 0 Å². The van der Waals surface area contributed by atoms with Gasteiger partial charge in [0.1, 0.15) is 12.1 Å². The molecule has 6 aromatic carbocycles. The topological polar surface area (TPSA) is 111 Å². The lowest BCUT2D eigenvalue weighted by molar-refractivity contribution is -0.127. The molecule has 1 aliphatic rings. The summed E-state index contributed by atoms with van der Waals surface area (Å²) in [5.41, 5.74) is 6.56. The van der Waals surface area contributed by atoms with Crippen LogP contribution < -0.4 is 10.6 Å². The number of Topliss-reactive ketones (excluding diaryl/α,β-unsaturated/α-hetero) is 1. The van der Waals surface area contributed by atoms with Crippen molar-refractivity contribution in [1.82, 2.24) is 10.6 Å². The summed E-state index contributed by atoms with van der Waals surface area (Å²) in [4.78, 5) is 54.1.